The average Bonchev–Trinajstić information content (AvgIpc) is 2.85. The van der Waals surface area contributed by atoms with E-state index >= 15 is 0 Å². The van der Waals surface area contributed by atoms with Crippen molar-refractivity contribution >= 4 is 11.7 Å². The number of carbonyl (C=O) groups is 1. The van der Waals surface area contributed by atoms with Crippen LogP contribution in [0.2, 0.25) is 0 Å². The normalized spacial score (nSPS) is 15.1. The van der Waals surface area contributed by atoms with Crippen LogP contribution in [-0.2, 0) is 4.79 Å². The van der Waals surface area contributed by atoms with Crippen molar-refractivity contribution in [2.75, 3.05) is 31.1 Å². The van der Waals surface area contributed by atoms with Gasteiger partial charge in [0.2, 0.25) is 5.91 Å². The van der Waals surface area contributed by atoms with Gasteiger partial charge in [-0.3, -0.25) is 4.79 Å². The maximum atomic E-state index is 11.4. The second-order valence-corrected chi connectivity index (χ2v) is 6.00. The Morgan fingerprint density at radius 2 is 1.70 bits per heavy atom. The summed E-state index contributed by atoms with van der Waals surface area (Å²) in [5, 5.41) is 4.46. The van der Waals surface area contributed by atoms with Crippen molar-refractivity contribution in [1.29, 1.82) is 0 Å². The first-order chi connectivity index (χ1) is 10.9. The van der Waals surface area contributed by atoms with Gasteiger partial charge in [0.15, 0.2) is 0 Å². The second-order valence-electron chi connectivity index (χ2n) is 6.00. The Morgan fingerprint density at radius 3 is 2.26 bits per heavy atom. The van der Waals surface area contributed by atoms with E-state index in [4.69, 9.17) is 0 Å². The van der Waals surface area contributed by atoms with Gasteiger partial charge >= 0.3 is 0 Å². The van der Waals surface area contributed by atoms with Crippen LogP contribution in [0.3, 0.4) is 0 Å². The van der Waals surface area contributed by atoms with Crippen LogP contribution in [0.1, 0.15) is 24.0 Å². The van der Waals surface area contributed by atoms with Gasteiger partial charge in [-0.2, -0.15) is 10.1 Å². The summed E-state index contributed by atoms with van der Waals surface area (Å²) in [6.07, 6.45) is 0. The lowest BCUT2D eigenvalue weighted by atomic mass is 10.3. The first-order valence-corrected chi connectivity index (χ1v) is 7.84. The van der Waals surface area contributed by atoms with E-state index in [2.05, 4.69) is 20.0 Å². The summed E-state index contributed by atoms with van der Waals surface area (Å²) < 4.78 is 1.78. The number of aromatic nitrogens is 4. The summed E-state index contributed by atoms with van der Waals surface area (Å²) in [5.41, 5.74) is 2.87. The first-order valence-electron chi connectivity index (χ1n) is 7.84. The van der Waals surface area contributed by atoms with Crippen LogP contribution in [0.4, 0.5) is 5.82 Å². The molecule has 0 aromatic carbocycles. The first kappa shape index (κ1) is 15.5. The molecule has 3 rings (SSSR count). The fourth-order valence-corrected chi connectivity index (χ4v) is 2.88. The van der Waals surface area contributed by atoms with E-state index in [9.17, 15) is 4.79 Å². The fraction of sp³-hybridized carbons (Fsp3) is 0.500. The number of rotatable bonds is 2. The number of carbonyl (C=O) groups excluding carboxylic acids is 1. The van der Waals surface area contributed by atoms with Gasteiger partial charge in [0.05, 0.1) is 5.69 Å². The summed E-state index contributed by atoms with van der Waals surface area (Å²) >= 11 is 0. The topological polar surface area (TPSA) is 67.2 Å². The van der Waals surface area contributed by atoms with Gasteiger partial charge in [0.25, 0.3) is 5.95 Å². The van der Waals surface area contributed by atoms with E-state index in [1.165, 1.54) is 0 Å². The zero-order valence-electron chi connectivity index (χ0n) is 14.1. The lowest BCUT2D eigenvalue weighted by molar-refractivity contribution is -0.129. The zero-order valence-corrected chi connectivity index (χ0v) is 14.1. The van der Waals surface area contributed by atoms with E-state index < -0.39 is 0 Å². The predicted molar refractivity (Wildman–Crippen MR) is 87.8 cm³/mol. The second kappa shape index (κ2) is 5.98. The molecule has 1 amide bonds. The van der Waals surface area contributed by atoms with E-state index in [1.807, 2.05) is 37.8 Å². The molecule has 1 fully saturated rings. The van der Waals surface area contributed by atoms with Gasteiger partial charge in [-0.25, -0.2) is 9.67 Å². The molecule has 0 unspecified atom stereocenters. The van der Waals surface area contributed by atoms with Gasteiger partial charge in [-0.15, -0.1) is 0 Å². The van der Waals surface area contributed by atoms with Crippen molar-refractivity contribution in [2.45, 2.75) is 27.7 Å². The summed E-state index contributed by atoms with van der Waals surface area (Å²) in [7, 11) is 0. The number of hydrogen-bond donors (Lipinski definition) is 0. The molecule has 0 atom stereocenters. The van der Waals surface area contributed by atoms with Crippen LogP contribution in [0.25, 0.3) is 5.95 Å². The summed E-state index contributed by atoms with van der Waals surface area (Å²) in [6.45, 7) is 10.6. The van der Waals surface area contributed by atoms with Crippen molar-refractivity contribution in [3.05, 3.63) is 29.2 Å². The van der Waals surface area contributed by atoms with Crippen LogP contribution < -0.4 is 4.90 Å². The number of hydrogen-bond acceptors (Lipinski definition) is 5. The highest BCUT2D eigenvalue weighted by atomic mass is 16.2. The van der Waals surface area contributed by atoms with E-state index in [1.54, 1.807) is 11.6 Å². The quantitative estimate of drug-likeness (QED) is 0.835. The molecule has 0 spiro atoms. The van der Waals surface area contributed by atoms with Gasteiger partial charge < -0.3 is 9.80 Å². The molecule has 23 heavy (non-hydrogen) atoms. The molecule has 1 aliphatic heterocycles. The lowest BCUT2D eigenvalue weighted by Crippen LogP contribution is -2.48. The van der Waals surface area contributed by atoms with Crippen molar-refractivity contribution in [3.8, 4) is 5.95 Å². The van der Waals surface area contributed by atoms with Crippen molar-refractivity contribution in [2.24, 2.45) is 0 Å². The maximum Gasteiger partial charge on any atom is 0.252 e. The smallest absolute Gasteiger partial charge is 0.252 e. The molecular weight excluding hydrogens is 292 g/mol. The molecule has 0 aliphatic carbocycles. The van der Waals surface area contributed by atoms with Gasteiger partial charge in [-0.1, -0.05) is 0 Å². The van der Waals surface area contributed by atoms with Crippen molar-refractivity contribution in [1.82, 2.24) is 24.6 Å². The minimum Gasteiger partial charge on any atom is -0.353 e. The van der Waals surface area contributed by atoms with E-state index in [0.717, 1.165) is 49.1 Å². The molecule has 2 aromatic rings. The molecule has 0 radical (unpaired) electrons. The summed E-state index contributed by atoms with van der Waals surface area (Å²) in [4.78, 5) is 24.7. The maximum absolute atomic E-state index is 11.4. The Labute approximate surface area is 135 Å². The number of aryl methyl sites for hydroxylation is 3. The van der Waals surface area contributed by atoms with Gasteiger partial charge in [-0.05, 0) is 26.8 Å². The van der Waals surface area contributed by atoms with Crippen molar-refractivity contribution in [3.63, 3.8) is 0 Å². The standard InChI is InChI=1S/C16H22N6O/c1-11-10-15(21-7-5-20(6-8-21)14(4)23)18-16(17-11)22-13(3)9-12(2)19-22/h9-10H,5-8H2,1-4H3. The Hall–Kier alpha value is -2.44. The van der Waals surface area contributed by atoms with Gasteiger partial charge in [0.1, 0.15) is 5.82 Å². The molecule has 7 nitrogen and oxygen atoms in total. The molecule has 2 aromatic heterocycles. The van der Waals surface area contributed by atoms with E-state index in [0.29, 0.717) is 5.95 Å². The monoisotopic (exact) mass is 314 g/mol. The number of piperazine rings is 1. The molecule has 0 saturated carbocycles. The van der Waals surface area contributed by atoms with Crippen molar-refractivity contribution < 1.29 is 4.79 Å². The number of anilines is 1. The van der Waals surface area contributed by atoms with Gasteiger partial charge in [0, 0.05) is 50.6 Å². The van der Waals surface area contributed by atoms with Crippen LogP contribution in [0, 0.1) is 20.8 Å². The summed E-state index contributed by atoms with van der Waals surface area (Å²) in [6, 6.07) is 4.00. The lowest BCUT2D eigenvalue weighted by Gasteiger charge is -2.35. The highest BCUT2D eigenvalue weighted by Gasteiger charge is 2.20. The highest BCUT2D eigenvalue weighted by Crippen LogP contribution is 2.17. The third-order valence-corrected chi connectivity index (χ3v) is 4.08. The predicted octanol–water partition coefficient (Wildman–Crippen LogP) is 1.26. The summed E-state index contributed by atoms with van der Waals surface area (Å²) in [5.74, 6) is 1.62. The molecular formula is C16H22N6O. The third-order valence-electron chi connectivity index (χ3n) is 4.08. The Kier molecular flexibility index (Phi) is 4.02. The minimum absolute atomic E-state index is 0.131. The van der Waals surface area contributed by atoms with Crippen LogP contribution in [0.5, 0.6) is 0 Å². The molecule has 7 heteroatoms. The SMILES string of the molecule is CC(=O)N1CCN(c2cc(C)nc(-n3nc(C)cc3C)n2)CC1. The zero-order chi connectivity index (χ0) is 16.6. The largest absolute Gasteiger partial charge is 0.353 e. The molecule has 0 bridgehead atoms. The highest BCUT2D eigenvalue weighted by molar-refractivity contribution is 5.73. The Balaban J connectivity index is 1.87. The van der Waals surface area contributed by atoms with Crippen LogP contribution in [0.15, 0.2) is 12.1 Å². The van der Waals surface area contributed by atoms with Crippen LogP contribution in [-0.4, -0.2) is 56.7 Å². The average molecular weight is 314 g/mol. The molecule has 122 valence electrons. The Bertz CT molecular complexity index is 730. The Morgan fingerprint density at radius 1 is 1.00 bits per heavy atom. The fourth-order valence-electron chi connectivity index (χ4n) is 2.88. The molecule has 3 heterocycles. The van der Waals surface area contributed by atoms with Crippen LogP contribution >= 0.6 is 0 Å². The van der Waals surface area contributed by atoms with E-state index in [-0.39, 0.29) is 5.91 Å². The minimum atomic E-state index is 0.131. The third kappa shape index (κ3) is 3.18. The molecule has 1 saturated heterocycles. The molecule has 0 N–H and O–H groups in total. The molecule has 1 aliphatic rings. The number of amides is 1. The number of nitrogens with zero attached hydrogens (tertiary/aromatic N) is 6.